The third kappa shape index (κ3) is 2.93. The molecule has 2 heterocycles. The molecule has 3 N–H and O–H groups in total. The molecule has 8 heteroatoms. The van der Waals surface area contributed by atoms with Crippen molar-refractivity contribution in [2.75, 3.05) is 5.32 Å². The van der Waals surface area contributed by atoms with E-state index < -0.39 is 34.7 Å². The van der Waals surface area contributed by atoms with Gasteiger partial charge in [-0.15, -0.1) is 0 Å². The van der Waals surface area contributed by atoms with Crippen molar-refractivity contribution in [3.63, 3.8) is 0 Å². The lowest BCUT2D eigenvalue weighted by Crippen LogP contribution is -2.44. The zero-order valence-corrected chi connectivity index (χ0v) is 18.2. The second-order valence-corrected chi connectivity index (χ2v) is 9.98. The van der Waals surface area contributed by atoms with Crippen LogP contribution < -0.4 is 10.6 Å². The molecule has 2 aromatic rings. The molecule has 5 nitrogen and oxygen atoms in total. The molecule has 30 heavy (non-hydrogen) atoms. The molecule has 4 rings (SSSR count). The van der Waals surface area contributed by atoms with E-state index in [4.69, 9.17) is 23.2 Å². The van der Waals surface area contributed by atoms with Crippen molar-refractivity contribution in [1.82, 2.24) is 5.32 Å². The number of carboxylic acid groups (broad SMARTS) is 1. The smallest absolute Gasteiger partial charge is 0.327 e. The summed E-state index contributed by atoms with van der Waals surface area (Å²) in [4.78, 5) is 26.1. The first-order valence-electron chi connectivity index (χ1n) is 9.50. The van der Waals surface area contributed by atoms with Crippen LogP contribution in [-0.4, -0.2) is 22.5 Å². The van der Waals surface area contributed by atoms with Crippen LogP contribution in [0, 0.1) is 11.2 Å². The number of anilines is 1. The van der Waals surface area contributed by atoms with Gasteiger partial charge in [0.1, 0.15) is 5.82 Å². The van der Waals surface area contributed by atoms with Crippen LogP contribution in [0.25, 0.3) is 0 Å². The Labute approximate surface area is 183 Å². The number of benzene rings is 2. The maximum Gasteiger partial charge on any atom is 0.327 e. The summed E-state index contributed by atoms with van der Waals surface area (Å²) in [6.07, 6.45) is 0.397. The molecule has 2 aliphatic heterocycles. The van der Waals surface area contributed by atoms with Gasteiger partial charge in [-0.25, -0.2) is 4.39 Å². The van der Waals surface area contributed by atoms with Crippen molar-refractivity contribution in [3.05, 3.63) is 63.4 Å². The van der Waals surface area contributed by atoms with Crippen molar-refractivity contribution < 1.29 is 19.1 Å². The van der Waals surface area contributed by atoms with Crippen LogP contribution in [0.15, 0.2) is 36.4 Å². The summed E-state index contributed by atoms with van der Waals surface area (Å²) < 4.78 is 15.0. The fraction of sp³-hybridized carbons (Fsp3) is 0.364. The lowest BCUT2D eigenvalue weighted by Gasteiger charge is -2.30. The number of rotatable bonds is 3. The minimum atomic E-state index is -1.74. The Hall–Kier alpha value is -2.15. The minimum Gasteiger partial charge on any atom is -0.480 e. The molecular weight excluding hydrogens is 430 g/mol. The van der Waals surface area contributed by atoms with Crippen LogP contribution in [0.1, 0.15) is 44.2 Å². The number of halogens is 3. The molecule has 158 valence electrons. The van der Waals surface area contributed by atoms with E-state index in [1.807, 2.05) is 20.8 Å². The fourth-order valence-corrected chi connectivity index (χ4v) is 5.20. The lowest BCUT2D eigenvalue weighted by molar-refractivity contribution is -0.143. The molecule has 0 aromatic heterocycles. The summed E-state index contributed by atoms with van der Waals surface area (Å²) in [7, 11) is 0. The van der Waals surface area contributed by atoms with Crippen molar-refractivity contribution in [3.8, 4) is 0 Å². The molecule has 3 unspecified atom stereocenters. The highest BCUT2D eigenvalue weighted by Crippen LogP contribution is 2.63. The molecule has 0 bridgehead atoms. The van der Waals surface area contributed by atoms with Gasteiger partial charge in [0, 0.05) is 16.3 Å². The molecule has 3 atom stereocenters. The normalized spacial score (nSPS) is 27.5. The highest BCUT2D eigenvalue weighted by Gasteiger charge is 2.79. The quantitative estimate of drug-likeness (QED) is 0.578. The molecule has 1 fully saturated rings. The third-order valence-electron chi connectivity index (χ3n) is 5.84. The molecule has 1 saturated heterocycles. The Morgan fingerprint density at radius 1 is 1.23 bits per heavy atom. The van der Waals surface area contributed by atoms with Gasteiger partial charge in [0.25, 0.3) is 0 Å². The largest absolute Gasteiger partial charge is 0.480 e. The summed E-state index contributed by atoms with van der Waals surface area (Å²) in [5.74, 6) is -4.01. The molecular formula is C22H21Cl2FN2O3. The molecule has 1 amide bonds. The maximum absolute atomic E-state index is 15.0. The Kier molecular flexibility index (Phi) is 4.69. The third-order valence-corrected chi connectivity index (χ3v) is 6.37. The topological polar surface area (TPSA) is 88.3 Å². The minimum absolute atomic E-state index is 0.0652. The van der Waals surface area contributed by atoms with Gasteiger partial charge in [0.15, 0.2) is 5.54 Å². The van der Waals surface area contributed by atoms with Crippen molar-refractivity contribution in [2.24, 2.45) is 5.41 Å². The van der Waals surface area contributed by atoms with E-state index in [-0.39, 0.29) is 16.0 Å². The molecule has 2 aliphatic rings. The van der Waals surface area contributed by atoms with Crippen molar-refractivity contribution >= 4 is 40.8 Å². The highest BCUT2D eigenvalue weighted by molar-refractivity contribution is 6.31. The zero-order chi connectivity index (χ0) is 22.1. The first-order valence-corrected chi connectivity index (χ1v) is 10.3. The molecule has 0 radical (unpaired) electrons. The van der Waals surface area contributed by atoms with Crippen molar-refractivity contribution in [1.29, 1.82) is 0 Å². The number of carboxylic acids is 1. The number of nitrogens with one attached hydrogen (secondary N) is 2. The monoisotopic (exact) mass is 450 g/mol. The SMILES string of the molecule is CC(C)(C)CC12NC1(C(=O)O)C(c1cccc(Cl)c1F)C(=O)Nc1cc(Cl)ccc12. The highest BCUT2D eigenvalue weighted by atomic mass is 35.5. The number of hydrogen-bond donors (Lipinski definition) is 3. The zero-order valence-electron chi connectivity index (χ0n) is 16.6. The van der Waals surface area contributed by atoms with E-state index >= 15 is 4.39 Å². The number of amides is 1. The summed E-state index contributed by atoms with van der Waals surface area (Å²) in [6, 6.07) is 9.23. The van der Waals surface area contributed by atoms with Gasteiger partial charge >= 0.3 is 5.97 Å². The average Bonchev–Trinajstić information content (AvgIpc) is 3.27. The summed E-state index contributed by atoms with van der Waals surface area (Å²) in [6.45, 7) is 5.96. The number of carbonyl (C=O) groups excluding carboxylic acids is 1. The van der Waals surface area contributed by atoms with Gasteiger partial charge in [-0.3, -0.25) is 14.9 Å². The van der Waals surface area contributed by atoms with E-state index in [1.165, 1.54) is 18.2 Å². The number of carbonyl (C=O) groups is 2. The van der Waals surface area contributed by atoms with E-state index in [9.17, 15) is 14.7 Å². The van der Waals surface area contributed by atoms with Gasteiger partial charge in [0.05, 0.1) is 16.5 Å². The van der Waals surface area contributed by atoms with Crippen LogP contribution in [0.3, 0.4) is 0 Å². The van der Waals surface area contributed by atoms with E-state index in [2.05, 4.69) is 10.6 Å². The number of fused-ring (bicyclic) bond motifs is 3. The lowest BCUT2D eigenvalue weighted by atomic mass is 9.69. The predicted molar refractivity (Wildman–Crippen MR) is 113 cm³/mol. The van der Waals surface area contributed by atoms with E-state index in [1.54, 1.807) is 18.2 Å². The average molecular weight is 451 g/mol. The second-order valence-electron chi connectivity index (χ2n) is 9.14. The number of hydrogen-bond acceptors (Lipinski definition) is 3. The standard InChI is InChI=1S/C22H21Cl2FN2O3/c1-20(2,3)10-21-13-8-7-11(23)9-15(13)26-18(28)16(22(21,27-21)19(29)30)12-5-4-6-14(24)17(12)25/h4-9,16,27H,10H2,1-3H3,(H,26,28)(H,29,30). The van der Waals surface area contributed by atoms with E-state index in [0.717, 1.165) is 0 Å². The first kappa shape index (κ1) is 21.1. The Balaban J connectivity index is 2.03. The van der Waals surface area contributed by atoms with Crippen LogP contribution in [0.2, 0.25) is 10.0 Å². The Morgan fingerprint density at radius 3 is 2.57 bits per heavy atom. The van der Waals surface area contributed by atoms with Gasteiger partial charge < -0.3 is 10.4 Å². The predicted octanol–water partition coefficient (Wildman–Crippen LogP) is 4.93. The molecule has 0 spiro atoms. The van der Waals surface area contributed by atoms with Gasteiger partial charge in [-0.05, 0) is 35.6 Å². The Bertz CT molecular complexity index is 1080. The van der Waals surface area contributed by atoms with Gasteiger partial charge in [0.2, 0.25) is 5.91 Å². The van der Waals surface area contributed by atoms with Gasteiger partial charge in [-0.1, -0.05) is 62.2 Å². The van der Waals surface area contributed by atoms with Gasteiger partial charge in [-0.2, -0.15) is 0 Å². The molecule has 0 aliphatic carbocycles. The fourth-order valence-electron chi connectivity index (χ4n) is 4.85. The second kappa shape index (κ2) is 6.67. The first-order chi connectivity index (χ1) is 13.9. The van der Waals surface area contributed by atoms with Crippen LogP contribution in [0.5, 0.6) is 0 Å². The number of aliphatic carboxylic acids is 1. The summed E-state index contributed by atoms with van der Waals surface area (Å²) in [5, 5.41) is 16.5. The molecule has 2 aromatic carbocycles. The molecule has 0 saturated carbocycles. The van der Waals surface area contributed by atoms with Crippen molar-refractivity contribution in [2.45, 2.75) is 44.2 Å². The van der Waals surface area contributed by atoms with Crippen LogP contribution in [-0.2, 0) is 15.1 Å². The van der Waals surface area contributed by atoms with Crippen LogP contribution >= 0.6 is 23.2 Å². The maximum atomic E-state index is 15.0. The Morgan fingerprint density at radius 2 is 1.93 bits per heavy atom. The summed E-state index contributed by atoms with van der Waals surface area (Å²) >= 11 is 12.1. The van der Waals surface area contributed by atoms with E-state index in [0.29, 0.717) is 22.7 Å². The van der Waals surface area contributed by atoms with Crippen LogP contribution in [0.4, 0.5) is 10.1 Å². The summed E-state index contributed by atoms with van der Waals surface area (Å²) in [5.41, 5.74) is -2.18.